The highest BCUT2D eigenvalue weighted by molar-refractivity contribution is 5.32. The minimum atomic E-state index is -0.144. The molecule has 0 amide bonds. The maximum atomic E-state index is 11.3. The van der Waals surface area contributed by atoms with E-state index in [-0.39, 0.29) is 5.69 Å². The molecule has 1 aromatic rings. The van der Waals surface area contributed by atoms with Gasteiger partial charge in [-0.15, -0.1) is 5.10 Å². The van der Waals surface area contributed by atoms with Crippen molar-refractivity contribution in [1.82, 2.24) is 14.8 Å². The number of hydrogen-bond acceptors (Lipinski definition) is 3. The summed E-state index contributed by atoms with van der Waals surface area (Å²) in [6, 6.07) is 0.915. The number of nitrogens with one attached hydrogen (secondary N) is 1. The Morgan fingerprint density at radius 2 is 1.93 bits per heavy atom. The van der Waals surface area contributed by atoms with Gasteiger partial charge in [-0.3, -0.25) is 4.98 Å². The summed E-state index contributed by atoms with van der Waals surface area (Å²) in [5, 5.41) is 4.21. The molecule has 2 rings (SSSR count). The number of hydrogen-bond donors (Lipinski definition) is 1. The van der Waals surface area contributed by atoms with Gasteiger partial charge in [0.05, 0.1) is 0 Å². The van der Waals surface area contributed by atoms with Crippen LogP contribution in [0.5, 0.6) is 0 Å². The van der Waals surface area contributed by atoms with Crippen molar-refractivity contribution in [3.8, 4) is 0 Å². The second kappa shape index (κ2) is 3.72. The molecule has 0 aromatic carbocycles. The summed E-state index contributed by atoms with van der Waals surface area (Å²) < 4.78 is 1.35. The summed E-state index contributed by atoms with van der Waals surface area (Å²) in [4.78, 5) is 16.3. The van der Waals surface area contributed by atoms with Crippen LogP contribution in [-0.4, -0.2) is 26.8 Å². The van der Waals surface area contributed by atoms with E-state index in [4.69, 9.17) is 0 Å². The van der Waals surface area contributed by atoms with Gasteiger partial charge in [0.1, 0.15) is 0 Å². The number of rotatable bonds is 1. The third-order valence-electron chi connectivity index (χ3n) is 3.20. The smallest absolute Gasteiger partial charge is 0.336 e. The highest BCUT2D eigenvalue weighted by atomic mass is 16.2. The lowest BCUT2D eigenvalue weighted by atomic mass is 9.98. The number of anilines is 1. The first-order chi connectivity index (χ1) is 7.09. The zero-order valence-electron chi connectivity index (χ0n) is 9.53. The quantitative estimate of drug-likeness (QED) is 0.748. The minimum absolute atomic E-state index is 0.144. The summed E-state index contributed by atoms with van der Waals surface area (Å²) in [5.74, 6) is 0.710. The Morgan fingerprint density at radius 3 is 2.40 bits per heavy atom. The molecule has 0 aliphatic carbocycles. The molecule has 5 heteroatoms. The van der Waals surface area contributed by atoms with Gasteiger partial charge in [0.2, 0.25) is 5.95 Å². The second-order valence-corrected chi connectivity index (χ2v) is 4.41. The van der Waals surface area contributed by atoms with Crippen LogP contribution in [-0.2, 0) is 7.05 Å². The van der Waals surface area contributed by atoms with E-state index in [0.717, 1.165) is 0 Å². The van der Waals surface area contributed by atoms with Crippen molar-refractivity contribution in [3.63, 3.8) is 0 Å². The summed E-state index contributed by atoms with van der Waals surface area (Å²) in [5.41, 5.74) is -0.144. The maximum absolute atomic E-state index is 11.3. The van der Waals surface area contributed by atoms with Crippen molar-refractivity contribution in [2.75, 3.05) is 4.90 Å². The minimum Gasteiger partial charge on any atom is -0.336 e. The van der Waals surface area contributed by atoms with E-state index in [0.29, 0.717) is 18.0 Å². The van der Waals surface area contributed by atoms with Crippen molar-refractivity contribution < 1.29 is 0 Å². The van der Waals surface area contributed by atoms with Crippen LogP contribution < -0.4 is 10.6 Å². The summed E-state index contributed by atoms with van der Waals surface area (Å²) in [7, 11) is 1.67. The normalized spacial score (nSPS) is 27.0. The zero-order valence-corrected chi connectivity index (χ0v) is 9.53. The zero-order chi connectivity index (χ0) is 11.0. The largest absolute Gasteiger partial charge is 0.344 e. The van der Waals surface area contributed by atoms with Gasteiger partial charge in [-0.25, -0.2) is 9.48 Å². The maximum Gasteiger partial charge on any atom is 0.344 e. The molecule has 0 unspecified atom stereocenters. The molecule has 1 aliphatic rings. The molecule has 0 spiro atoms. The Labute approximate surface area is 89.1 Å². The Morgan fingerprint density at radius 1 is 1.33 bits per heavy atom. The standard InChI is InChI=1S/C10H18N4O/c1-7-5-4-6-8(2)14(7)9-11-10(15)13(3)12-9/h7-8H,4-6H2,1-3H3,(H,11,12,15)/t7-,8-/m0/s1. The van der Waals surface area contributed by atoms with Crippen molar-refractivity contribution in [2.45, 2.75) is 45.2 Å². The topological polar surface area (TPSA) is 53.9 Å². The number of piperidine rings is 1. The summed E-state index contributed by atoms with van der Waals surface area (Å²) in [6.07, 6.45) is 3.60. The molecule has 1 N–H and O–H groups in total. The Bertz CT molecular complexity index is 384. The first-order valence-corrected chi connectivity index (χ1v) is 5.51. The van der Waals surface area contributed by atoms with Crippen LogP contribution in [0, 0.1) is 0 Å². The number of nitrogens with zero attached hydrogens (tertiary/aromatic N) is 3. The Hall–Kier alpha value is -1.26. The molecule has 0 radical (unpaired) electrons. The molecular formula is C10H18N4O. The third-order valence-corrected chi connectivity index (χ3v) is 3.20. The molecule has 1 saturated heterocycles. The molecule has 0 bridgehead atoms. The molecule has 0 saturated carbocycles. The summed E-state index contributed by atoms with van der Waals surface area (Å²) in [6.45, 7) is 4.37. The highest BCUT2D eigenvalue weighted by Crippen LogP contribution is 2.25. The van der Waals surface area contributed by atoms with Crippen molar-refractivity contribution in [1.29, 1.82) is 0 Å². The van der Waals surface area contributed by atoms with E-state index in [1.807, 2.05) is 0 Å². The Kier molecular flexibility index (Phi) is 2.54. The number of aromatic amines is 1. The van der Waals surface area contributed by atoms with Crippen molar-refractivity contribution in [3.05, 3.63) is 10.5 Å². The van der Waals surface area contributed by atoms with E-state index in [1.54, 1.807) is 7.05 Å². The van der Waals surface area contributed by atoms with Crippen LogP contribution in [0.15, 0.2) is 4.79 Å². The monoisotopic (exact) mass is 210 g/mol. The van der Waals surface area contributed by atoms with Crippen LogP contribution in [0.4, 0.5) is 5.95 Å². The van der Waals surface area contributed by atoms with Crippen LogP contribution in [0.1, 0.15) is 33.1 Å². The highest BCUT2D eigenvalue weighted by Gasteiger charge is 2.27. The Balaban J connectivity index is 2.31. The first kappa shape index (κ1) is 10.3. The van der Waals surface area contributed by atoms with Crippen molar-refractivity contribution in [2.24, 2.45) is 7.05 Å². The van der Waals surface area contributed by atoms with Crippen LogP contribution in [0.3, 0.4) is 0 Å². The lowest BCUT2D eigenvalue weighted by molar-refractivity contribution is 0.407. The van der Waals surface area contributed by atoms with E-state index in [2.05, 4.69) is 28.8 Å². The van der Waals surface area contributed by atoms with Gasteiger partial charge >= 0.3 is 5.69 Å². The van der Waals surface area contributed by atoms with Gasteiger partial charge in [-0.05, 0) is 33.1 Å². The average molecular weight is 210 g/mol. The van der Waals surface area contributed by atoms with Crippen molar-refractivity contribution >= 4 is 5.95 Å². The lowest BCUT2D eigenvalue weighted by Gasteiger charge is -2.38. The van der Waals surface area contributed by atoms with Gasteiger partial charge < -0.3 is 4.90 Å². The molecule has 2 heterocycles. The molecule has 84 valence electrons. The van der Waals surface area contributed by atoms with E-state index in [1.165, 1.54) is 23.9 Å². The molecule has 1 fully saturated rings. The molecular weight excluding hydrogens is 192 g/mol. The third kappa shape index (κ3) is 1.78. The second-order valence-electron chi connectivity index (χ2n) is 4.41. The lowest BCUT2D eigenvalue weighted by Crippen LogP contribution is -2.44. The van der Waals surface area contributed by atoms with Gasteiger partial charge in [0, 0.05) is 19.1 Å². The average Bonchev–Trinajstić information content (AvgIpc) is 2.46. The van der Waals surface area contributed by atoms with Gasteiger partial charge in [0.15, 0.2) is 0 Å². The molecule has 1 aliphatic heterocycles. The van der Waals surface area contributed by atoms with Crippen LogP contribution >= 0.6 is 0 Å². The molecule has 5 nitrogen and oxygen atoms in total. The fourth-order valence-corrected chi connectivity index (χ4v) is 2.34. The number of H-pyrrole nitrogens is 1. The molecule has 2 atom stereocenters. The molecule has 15 heavy (non-hydrogen) atoms. The van der Waals surface area contributed by atoms with E-state index >= 15 is 0 Å². The van der Waals surface area contributed by atoms with Gasteiger partial charge in [0.25, 0.3) is 0 Å². The summed E-state index contributed by atoms with van der Waals surface area (Å²) >= 11 is 0. The van der Waals surface area contributed by atoms with E-state index in [9.17, 15) is 4.79 Å². The first-order valence-electron chi connectivity index (χ1n) is 5.51. The number of aryl methyl sites for hydroxylation is 1. The van der Waals surface area contributed by atoms with Gasteiger partial charge in [-0.2, -0.15) is 0 Å². The predicted octanol–water partition coefficient (Wildman–Crippen LogP) is 0.876. The predicted molar refractivity (Wildman–Crippen MR) is 59.1 cm³/mol. The van der Waals surface area contributed by atoms with Crippen LogP contribution in [0.25, 0.3) is 0 Å². The SMILES string of the molecule is C[C@H]1CCC[C@H](C)N1c1nn(C)c(=O)[nH]1. The fraction of sp³-hybridized carbons (Fsp3) is 0.800. The molecule has 1 aromatic heterocycles. The fourth-order valence-electron chi connectivity index (χ4n) is 2.34. The van der Waals surface area contributed by atoms with E-state index < -0.39 is 0 Å². The number of aromatic nitrogens is 3. The van der Waals surface area contributed by atoms with Crippen LogP contribution in [0.2, 0.25) is 0 Å². The van der Waals surface area contributed by atoms with Gasteiger partial charge in [-0.1, -0.05) is 0 Å².